The van der Waals surface area contributed by atoms with Crippen LogP contribution in [0, 0.1) is 11.8 Å². The third kappa shape index (κ3) is 3.09. The highest BCUT2D eigenvalue weighted by Crippen LogP contribution is 2.29. The zero-order valence-corrected chi connectivity index (χ0v) is 10.0. The Balaban J connectivity index is 1.74. The number of rotatable bonds is 3. The highest BCUT2D eigenvalue weighted by molar-refractivity contribution is 7.10. The van der Waals surface area contributed by atoms with Gasteiger partial charge in [0.1, 0.15) is 10.8 Å². The molecule has 1 heterocycles. The minimum Gasteiger partial charge on any atom is -0.383 e. The maximum atomic E-state index is 5.56. The smallest absolute Gasteiger partial charge is 0.139 e. The number of nitrogen functional groups attached to an aromatic ring is 1. The van der Waals surface area contributed by atoms with Crippen molar-refractivity contribution in [1.29, 1.82) is 0 Å². The van der Waals surface area contributed by atoms with Gasteiger partial charge in [0.05, 0.1) is 0 Å². The van der Waals surface area contributed by atoms with Gasteiger partial charge in [0.15, 0.2) is 0 Å². The number of hydrogen-bond donors (Lipinski definition) is 2. The molecule has 1 fully saturated rings. The van der Waals surface area contributed by atoms with E-state index in [1.54, 1.807) is 0 Å². The van der Waals surface area contributed by atoms with Crippen LogP contribution in [0.4, 0.5) is 10.8 Å². The van der Waals surface area contributed by atoms with Crippen LogP contribution in [0.1, 0.15) is 32.6 Å². The first-order valence-corrected chi connectivity index (χ1v) is 6.47. The summed E-state index contributed by atoms with van der Waals surface area (Å²) in [5.74, 6) is 2.39. The summed E-state index contributed by atoms with van der Waals surface area (Å²) in [5, 5.41) is 4.53. The summed E-state index contributed by atoms with van der Waals surface area (Å²) in [6.45, 7) is 3.43. The Morgan fingerprint density at radius 2 is 2.20 bits per heavy atom. The van der Waals surface area contributed by atoms with Crippen LogP contribution >= 0.6 is 11.5 Å². The fraction of sp³-hybridized carbons (Fsp3) is 0.727. The predicted octanol–water partition coefficient (Wildman–Crippen LogP) is 2.96. The molecule has 0 unspecified atom stereocenters. The molecule has 0 saturated heterocycles. The zero-order chi connectivity index (χ0) is 10.7. The first-order valence-electron chi connectivity index (χ1n) is 5.70. The zero-order valence-electron chi connectivity index (χ0n) is 9.20. The van der Waals surface area contributed by atoms with Crippen LogP contribution in [0.25, 0.3) is 0 Å². The summed E-state index contributed by atoms with van der Waals surface area (Å²) < 4.78 is 4.05. The Morgan fingerprint density at radius 1 is 1.47 bits per heavy atom. The average molecular weight is 225 g/mol. The largest absolute Gasteiger partial charge is 0.383 e. The molecule has 0 bridgehead atoms. The molecule has 1 aromatic heterocycles. The molecular formula is C11H19N3S. The molecule has 1 aliphatic carbocycles. The molecule has 84 valence electrons. The minimum absolute atomic E-state index is 0.625. The Kier molecular flexibility index (Phi) is 3.46. The molecule has 0 amide bonds. The Morgan fingerprint density at radius 3 is 2.80 bits per heavy atom. The fourth-order valence-corrected chi connectivity index (χ4v) is 2.73. The van der Waals surface area contributed by atoms with E-state index in [-0.39, 0.29) is 0 Å². The lowest BCUT2D eigenvalue weighted by atomic mass is 9.83. The van der Waals surface area contributed by atoms with Gasteiger partial charge in [-0.2, -0.15) is 4.37 Å². The lowest BCUT2D eigenvalue weighted by Gasteiger charge is -2.26. The third-order valence-corrected chi connectivity index (χ3v) is 3.99. The van der Waals surface area contributed by atoms with E-state index in [4.69, 9.17) is 5.73 Å². The minimum atomic E-state index is 0.625. The number of hydrogen-bond acceptors (Lipinski definition) is 4. The van der Waals surface area contributed by atoms with E-state index in [1.165, 1.54) is 37.2 Å². The molecule has 3 nitrogen and oxygen atoms in total. The van der Waals surface area contributed by atoms with Crippen molar-refractivity contribution in [2.75, 3.05) is 17.6 Å². The molecule has 0 aliphatic heterocycles. The number of nitrogens with zero attached hydrogens (tertiary/aromatic N) is 1. The summed E-state index contributed by atoms with van der Waals surface area (Å²) in [5.41, 5.74) is 5.56. The molecule has 0 radical (unpaired) electrons. The van der Waals surface area contributed by atoms with E-state index in [1.807, 2.05) is 6.07 Å². The van der Waals surface area contributed by atoms with E-state index in [2.05, 4.69) is 16.6 Å². The van der Waals surface area contributed by atoms with Gasteiger partial charge in [-0.1, -0.05) is 19.8 Å². The topological polar surface area (TPSA) is 50.9 Å². The molecule has 2 rings (SSSR count). The van der Waals surface area contributed by atoms with Gasteiger partial charge < -0.3 is 11.1 Å². The van der Waals surface area contributed by atoms with Gasteiger partial charge in [0.25, 0.3) is 0 Å². The van der Waals surface area contributed by atoms with Crippen LogP contribution in [0.5, 0.6) is 0 Å². The molecule has 1 aromatic rings. The van der Waals surface area contributed by atoms with Crippen molar-refractivity contribution in [3.8, 4) is 0 Å². The highest BCUT2D eigenvalue weighted by Gasteiger charge is 2.17. The SMILES string of the molecule is CC1CCC(CNc2cc(N)ns2)CC1. The molecule has 1 aliphatic rings. The van der Waals surface area contributed by atoms with Crippen molar-refractivity contribution in [1.82, 2.24) is 4.37 Å². The number of nitrogens with two attached hydrogens (primary N) is 1. The van der Waals surface area contributed by atoms with E-state index in [0.29, 0.717) is 5.82 Å². The van der Waals surface area contributed by atoms with Crippen LogP contribution in [-0.2, 0) is 0 Å². The van der Waals surface area contributed by atoms with Crippen molar-refractivity contribution < 1.29 is 0 Å². The van der Waals surface area contributed by atoms with Crippen LogP contribution in [0.3, 0.4) is 0 Å². The molecule has 0 aromatic carbocycles. The van der Waals surface area contributed by atoms with E-state index in [0.717, 1.165) is 23.4 Å². The van der Waals surface area contributed by atoms with E-state index >= 15 is 0 Å². The van der Waals surface area contributed by atoms with Gasteiger partial charge in [-0.15, -0.1) is 0 Å². The lowest BCUT2D eigenvalue weighted by Crippen LogP contribution is -2.19. The Labute approximate surface area is 95.2 Å². The van der Waals surface area contributed by atoms with Gasteiger partial charge in [-0.05, 0) is 36.2 Å². The van der Waals surface area contributed by atoms with E-state index in [9.17, 15) is 0 Å². The first-order chi connectivity index (χ1) is 7.24. The lowest BCUT2D eigenvalue weighted by molar-refractivity contribution is 0.300. The van der Waals surface area contributed by atoms with Crippen molar-refractivity contribution in [2.24, 2.45) is 11.8 Å². The van der Waals surface area contributed by atoms with Gasteiger partial charge in [0.2, 0.25) is 0 Å². The second-order valence-corrected chi connectivity index (χ2v) is 5.43. The fourth-order valence-electron chi connectivity index (χ4n) is 2.15. The molecule has 15 heavy (non-hydrogen) atoms. The van der Waals surface area contributed by atoms with Crippen LogP contribution in [0.2, 0.25) is 0 Å². The van der Waals surface area contributed by atoms with Crippen molar-refractivity contribution in [2.45, 2.75) is 32.6 Å². The van der Waals surface area contributed by atoms with Gasteiger partial charge in [0, 0.05) is 12.6 Å². The van der Waals surface area contributed by atoms with E-state index < -0.39 is 0 Å². The van der Waals surface area contributed by atoms with Gasteiger partial charge in [-0.3, -0.25) is 0 Å². The summed E-state index contributed by atoms with van der Waals surface area (Å²) in [7, 11) is 0. The van der Waals surface area contributed by atoms with Crippen LogP contribution in [0.15, 0.2) is 6.07 Å². The van der Waals surface area contributed by atoms with Crippen LogP contribution in [-0.4, -0.2) is 10.9 Å². The first kappa shape index (κ1) is 10.7. The quantitative estimate of drug-likeness (QED) is 0.831. The number of anilines is 2. The molecule has 0 spiro atoms. The predicted molar refractivity (Wildman–Crippen MR) is 66.1 cm³/mol. The molecule has 4 heteroatoms. The van der Waals surface area contributed by atoms with Crippen molar-refractivity contribution in [3.05, 3.63) is 6.07 Å². The summed E-state index contributed by atoms with van der Waals surface area (Å²) >= 11 is 1.45. The molecule has 1 saturated carbocycles. The second-order valence-electron chi connectivity index (χ2n) is 4.62. The number of nitrogens with one attached hydrogen (secondary N) is 1. The number of aromatic nitrogens is 1. The normalized spacial score (nSPS) is 26.5. The molecular weight excluding hydrogens is 206 g/mol. The van der Waals surface area contributed by atoms with Gasteiger partial charge >= 0.3 is 0 Å². The van der Waals surface area contributed by atoms with Crippen molar-refractivity contribution >= 4 is 22.4 Å². The average Bonchev–Trinajstić information content (AvgIpc) is 2.64. The molecule has 3 N–H and O–H groups in total. The van der Waals surface area contributed by atoms with Gasteiger partial charge in [-0.25, -0.2) is 0 Å². The maximum absolute atomic E-state index is 5.56. The highest BCUT2D eigenvalue weighted by atomic mass is 32.1. The monoisotopic (exact) mass is 225 g/mol. The van der Waals surface area contributed by atoms with Crippen LogP contribution < -0.4 is 11.1 Å². The second kappa shape index (κ2) is 4.84. The standard InChI is InChI=1S/C11H19N3S/c1-8-2-4-9(5-3-8)7-13-11-6-10(12)14-15-11/h6,8-9,13H,2-5,7H2,1H3,(H2,12,14). The third-order valence-electron chi connectivity index (χ3n) is 3.23. The van der Waals surface area contributed by atoms with Crippen molar-refractivity contribution in [3.63, 3.8) is 0 Å². The Bertz CT molecular complexity index is 303. The Hall–Kier alpha value is -0.770. The summed E-state index contributed by atoms with van der Waals surface area (Å²) in [6.07, 6.45) is 5.50. The maximum Gasteiger partial charge on any atom is 0.139 e. The summed E-state index contributed by atoms with van der Waals surface area (Å²) in [4.78, 5) is 0. The summed E-state index contributed by atoms with van der Waals surface area (Å²) in [6, 6.07) is 1.91. The molecule has 0 atom stereocenters.